The summed E-state index contributed by atoms with van der Waals surface area (Å²) >= 11 is 6.61. The van der Waals surface area contributed by atoms with Crippen molar-refractivity contribution < 1.29 is 4.74 Å². The van der Waals surface area contributed by atoms with Crippen LogP contribution in [0.3, 0.4) is 0 Å². The van der Waals surface area contributed by atoms with E-state index in [0.717, 1.165) is 93.0 Å². The lowest BCUT2D eigenvalue weighted by Crippen LogP contribution is -2.45. The summed E-state index contributed by atoms with van der Waals surface area (Å²) in [6.45, 7) is 8.39. The topological polar surface area (TPSA) is 59.3 Å². The second kappa shape index (κ2) is 8.73. The SMILES string of the molecule is Cc1nc(N2CCN(C)CC2)c2nc(-c3ccccc3Cl)n(CC3CCOCC3)c2n1. The van der Waals surface area contributed by atoms with Gasteiger partial charge in [0.2, 0.25) is 0 Å². The first-order chi connectivity index (χ1) is 15.1. The molecule has 0 N–H and O–H groups in total. The molecule has 3 aromatic rings. The zero-order valence-electron chi connectivity index (χ0n) is 18.2. The third kappa shape index (κ3) is 4.14. The molecule has 2 aliphatic rings. The first-order valence-corrected chi connectivity index (χ1v) is 11.5. The Hall–Kier alpha value is -2.22. The van der Waals surface area contributed by atoms with Crippen LogP contribution in [-0.2, 0) is 11.3 Å². The number of rotatable bonds is 4. The number of halogens is 1. The first kappa shape index (κ1) is 20.7. The summed E-state index contributed by atoms with van der Waals surface area (Å²) in [5, 5.41) is 0.705. The van der Waals surface area contributed by atoms with Crippen LogP contribution in [0.1, 0.15) is 18.7 Å². The Labute approximate surface area is 188 Å². The van der Waals surface area contributed by atoms with Gasteiger partial charge in [-0.25, -0.2) is 15.0 Å². The third-order valence-electron chi connectivity index (χ3n) is 6.39. The molecule has 164 valence electrons. The van der Waals surface area contributed by atoms with E-state index in [9.17, 15) is 0 Å². The molecule has 31 heavy (non-hydrogen) atoms. The highest BCUT2D eigenvalue weighted by molar-refractivity contribution is 6.33. The maximum Gasteiger partial charge on any atom is 0.166 e. The number of nitrogens with zero attached hydrogens (tertiary/aromatic N) is 6. The van der Waals surface area contributed by atoms with Crippen LogP contribution in [0.4, 0.5) is 5.82 Å². The van der Waals surface area contributed by atoms with Crippen LogP contribution >= 0.6 is 11.6 Å². The largest absolute Gasteiger partial charge is 0.381 e. The van der Waals surface area contributed by atoms with Crippen molar-refractivity contribution >= 4 is 28.6 Å². The van der Waals surface area contributed by atoms with Gasteiger partial charge in [-0.1, -0.05) is 23.7 Å². The summed E-state index contributed by atoms with van der Waals surface area (Å²) in [5.74, 6) is 3.13. The van der Waals surface area contributed by atoms with Crippen molar-refractivity contribution in [1.29, 1.82) is 0 Å². The number of imidazole rings is 1. The molecule has 0 saturated carbocycles. The zero-order chi connectivity index (χ0) is 21.4. The monoisotopic (exact) mass is 440 g/mol. The lowest BCUT2D eigenvalue weighted by molar-refractivity contribution is 0.0617. The Morgan fingerprint density at radius 3 is 2.52 bits per heavy atom. The van der Waals surface area contributed by atoms with Crippen LogP contribution < -0.4 is 4.90 Å². The van der Waals surface area contributed by atoms with E-state index in [0.29, 0.717) is 10.9 Å². The van der Waals surface area contributed by atoms with Crippen molar-refractivity contribution in [2.24, 2.45) is 5.92 Å². The maximum absolute atomic E-state index is 6.61. The summed E-state index contributed by atoms with van der Waals surface area (Å²) in [4.78, 5) is 19.5. The molecular weight excluding hydrogens is 412 g/mol. The predicted octanol–water partition coefficient (Wildman–Crippen LogP) is 3.63. The van der Waals surface area contributed by atoms with Gasteiger partial charge in [0.05, 0.1) is 5.02 Å². The molecule has 2 aromatic heterocycles. The number of aryl methyl sites for hydroxylation is 1. The molecule has 0 unspecified atom stereocenters. The second-order valence-electron chi connectivity index (χ2n) is 8.64. The van der Waals surface area contributed by atoms with Crippen LogP contribution in [0.5, 0.6) is 0 Å². The van der Waals surface area contributed by atoms with E-state index < -0.39 is 0 Å². The summed E-state index contributed by atoms with van der Waals surface area (Å²) in [7, 11) is 2.16. The van der Waals surface area contributed by atoms with Gasteiger partial charge >= 0.3 is 0 Å². The number of hydrogen-bond donors (Lipinski definition) is 0. The fourth-order valence-corrected chi connectivity index (χ4v) is 4.76. The highest BCUT2D eigenvalue weighted by Crippen LogP contribution is 2.34. The van der Waals surface area contributed by atoms with Crippen LogP contribution in [0.15, 0.2) is 24.3 Å². The van der Waals surface area contributed by atoms with Crippen LogP contribution in [-0.4, -0.2) is 70.9 Å². The number of piperazine rings is 1. The number of ether oxygens (including phenoxy) is 1. The van der Waals surface area contributed by atoms with Crippen LogP contribution in [0, 0.1) is 12.8 Å². The number of aromatic nitrogens is 4. The minimum absolute atomic E-state index is 0.537. The Kier molecular flexibility index (Phi) is 5.82. The molecule has 2 aliphatic heterocycles. The standard InChI is InChI=1S/C23H29ClN6O/c1-16-25-22(29-11-9-28(2)10-12-29)20-23(26-16)30(15-17-7-13-31-14-8-17)21(27-20)18-5-3-4-6-19(18)24/h3-6,17H,7-15H2,1-2H3. The minimum Gasteiger partial charge on any atom is -0.381 e. The first-order valence-electron chi connectivity index (χ1n) is 11.1. The van der Waals surface area contributed by atoms with Crippen molar-refractivity contribution in [3.05, 3.63) is 35.1 Å². The van der Waals surface area contributed by atoms with Crippen LogP contribution in [0.2, 0.25) is 5.02 Å². The average Bonchev–Trinajstić information content (AvgIpc) is 3.13. The Morgan fingerprint density at radius 2 is 1.77 bits per heavy atom. The highest BCUT2D eigenvalue weighted by atomic mass is 35.5. The van der Waals surface area contributed by atoms with E-state index in [1.165, 1.54) is 0 Å². The molecule has 2 fully saturated rings. The van der Waals surface area contributed by atoms with E-state index in [1.54, 1.807) is 0 Å². The lowest BCUT2D eigenvalue weighted by atomic mass is 10.00. The molecule has 0 atom stereocenters. The summed E-state index contributed by atoms with van der Waals surface area (Å²) in [6.07, 6.45) is 2.11. The number of hydrogen-bond acceptors (Lipinski definition) is 6. The quantitative estimate of drug-likeness (QED) is 0.617. The summed E-state index contributed by atoms with van der Waals surface area (Å²) in [5.41, 5.74) is 2.72. The lowest BCUT2D eigenvalue weighted by Gasteiger charge is -2.33. The molecule has 2 saturated heterocycles. The van der Waals surface area contributed by atoms with Gasteiger partial charge in [0.15, 0.2) is 17.0 Å². The average molecular weight is 441 g/mol. The van der Waals surface area contributed by atoms with Gasteiger partial charge in [-0.2, -0.15) is 0 Å². The summed E-state index contributed by atoms with van der Waals surface area (Å²) in [6, 6.07) is 7.93. The number of likely N-dealkylation sites (N-methyl/N-ethyl adjacent to an activating group) is 1. The highest BCUT2D eigenvalue weighted by Gasteiger charge is 2.26. The van der Waals surface area contributed by atoms with E-state index in [1.807, 2.05) is 31.2 Å². The molecule has 0 amide bonds. The molecule has 5 rings (SSSR count). The molecular formula is C23H29ClN6O. The maximum atomic E-state index is 6.61. The van der Waals surface area contributed by atoms with Crippen molar-refractivity contribution in [1.82, 2.24) is 24.4 Å². The zero-order valence-corrected chi connectivity index (χ0v) is 19.0. The molecule has 7 nitrogen and oxygen atoms in total. The van der Waals surface area contributed by atoms with Gasteiger partial charge in [0, 0.05) is 51.5 Å². The number of benzene rings is 1. The van der Waals surface area contributed by atoms with E-state index >= 15 is 0 Å². The number of fused-ring (bicyclic) bond motifs is 1. The van der Waals surface area contributed by atoms with E-state index in [4.69, 9.17) is 31.3 Å². The van der Waals surface area contributed by atoms with Crippen LogP contribution in [0.25, 0.3) is 22.6 Å². The van der Waals surface area contributed by atoms with E-state index in [-0.39, 0.29) is 0 Å². The molecule has 8 heteroatoms. The van der Waals surface area contributed by atoms with Crippen molar-refractivity contribution in [2.45, 2.75) is 26.3 Å². The third-order valence-corrected chi connectivity index (χ3v) is 6.72. The molecule has 0 aliphatic carbocycles. The minimum atomic E-state index is 0.537. The molecule has 0 bridgehead atoms. The van der Waals surface area contributed by atoms with Gasteiger partial charge in [0.1, 0.15) is 11.6 Å². The number of anilines is 1. The Balaban J connectivity index is 1.66. The van der Waals surface area contributed by atoms with Crippen molar-refractivity contribution in [2.75, 3.05) is 51.3 Å². The van der Waals surface area contributed by atoms with Gasteiger partial charge in [-0.05, 0) is 44.9 Å². The fourth-order valence-electron chi connectivity index (χ4n) is 4.54. The molecule has 0 spiro atoms. The fraction of sp³-hybridized carbons (Fsp3) is 0.522. The second-order valence-corrected chi connectivity index (χ2v) is 9.05. The van der Waals surface area contributed by atoms with Crippen molar-refractivity contribution in [3.63, 3.8) is 0 Å². The molecule has 4 heterocycles. The van der Waals surface area contributed by atoms with Gasteiger partial charge in [0.25, 0.3) is 0 Å². The Bertz CT molecular complexity index is 1070. The van der Waals surface area contributed by atoms with Gasteiger partial charge < -0.3 is 19.1 Å². The molecule has 1 aromatic carbocycles. The summed E-state index contributed by atoms with van der Waals surface area (Å²) < 4.78 is 7.85. The molecule has 0 radical (unpaired) electrons. The van der Waals surface area contributed by atoms with E-state index in [2.05, 4.69) is 21.4 Å². The normalized spacial score (nSPS) is 18.7. The predicted molar refractivity (Wildman–Crippen MR) is 124 cm³/mol. The van der Waals surface area contributed by atoms with Gasteiger partial charge in [-0.3, -0.25) is 0 Å². The van der Waals surface area contributed by atoms with Gasteiger partial charge in [-0.15, -0.1) is 0 Å². The Morgan fingerprint density at radius 1 is 1.03 bits per heavy atom. The van der Waals surface area contributed by atoms with Crippen molar-refractivity contribution in [3.8, 4) is 11.4 Å². The smallest absolute Gasteiger partial charge is 0.166 e.